The zero-order valence-corrected chi connectivity index (χ0v) is 18.4. The maximum Gasteiger partial charge on any atom is 0.325 e. The average Bonchev–Trinajstić information content (AvgIpc) is 3.24. The van der Waals surface area contributed by atoms with Crippen LogP contribution in [0.2, 0.25) is 0 Å². The number of imide groups is 1. The Balaban J connectivity index is 1.40. The summed E-state index contributed by atoms with van der Waals surface area (Å²) >= 11 is 0. The summed E-state index contributed by atoms with van der Waals surface area (Å²) in [6.45, 7) is 3.21. The molecule has 1 aliphatic carbocycles. The first-order chi connectivity index (χ1) is 15.2. The predicted octanol–water partition coefficient (Wildman–Crippen LogP) is 2.09. The molecule has 32 heavy (non-hydrogen) atoms. The van der Waals surface area contributed by atoms with Gasteiger partial charge < -0.3 is 15.5 Å². The third-order valence-electron chi connectivity index (χ3n) is 6.19. The first kappa shape index (κ1) is 21.5. The second-order valence-electron chi connectivity index (χ2n) is 8.50. The molecular formula is C24H26N4O4. The van der Waals surface area contributed by atoms with Crippen LogP contribution < -0.4 is 10.6 Å². The van der Waals surface area contributed by atoms with Crippen LogP contribution in [0.25, 0.3) is 0 Å². The van der Waals surface area contributed by atoms with Gasteiger partial charge >= 0.3 is 6.03 Å². The molecule has 1 spiro atoms. The minimum absolute atomic E-state index is 0.191. The van der Waals surface area contributed by atoms with Crippen LogP contribution in [-0.2, 0) is 26.3 Å². The van der Waals surface area contributed by atoms with Crippen molar-refractivity contribution < 1.29 is 19.2 Å². The van der Waals surface area contributed by atoms with Gasteiger partial charge in [0.2, 0.25) is 11.8 Å². The van der Waals surface area contributed by atoms with Crippen LogP contribution >= 0.6 is 0 Å². The molecule has 8 heteroatoms. The summed E-state index contributed by atoms with van der Waals surface area (Å²) < 4.78 is 0. The molecule has 4 rings (SSSR count). The number of carbonyl (C=O) groups excluding carboxylic acids is 4. The van der Waals surface area contributed by atoms with Gasteiger partial charge in [0.25, 0.3) is 5.91 Å². The fraction of sp³-hybridized carbons (Fsp3) is 0.333. The van der Waals surface area contributed by atoms with Crippen LogP contribution in [0.3, 0.4) is 0 Å². The van der Waals surface area contributed by atoms with Crippen LogP contribution in [-0.4, -0.2) is 53.7 Å². The fourth-order valence-electron chi connectivity index (χ4n) is 4.35. The molecule has 2 aliphatic rings. The van der Waals surface area contributed by atoms with Gasteiger partial charge in [0.05, 0.1) is 6.54 Å². The Morgan fingerprint density at radius 1 is 1.16 bits per heavy atom. The number of fused-ring (bicyclic) bond motifs is 2. The van der Waals surface area contributed by atoms with E-state index in [1.54, 1.807) is 0 Å². The van der Waals surface area contributed by atoms with Gasteiger partial charge in [-0.2, -0.15) is 0 Å². The highest BCUT2D eigenvalue weighted by atomic mass is 16.2. The molecule has 8 nitrogen and oxygen atoms in total. The van der Waals surface area contributed by atoms with E-state index in [9.17, 15) is 19.2 Å². The van der Waals surface area contributed by atoms with Crippen LogP contribution in [0.15, 0.2) is 42.5 Å². The SMILES string of the molecule is Cc1ccc(C)c(NC(=O)CN(C)C(=O)CN2C(=O)N[C@@]3(CCc4ccccc43)C2=O)c1. The number of hydrogen-bond donors (Lipinski definition) is 2. The Kier molecular flexibility index (Phi) is 5.46. The summed E-state index contributed by atoms with van der Waals surface area (Å²) in [6, 6.07) is 12.7. The number of nitrogens with zero attached hydrogens (tertiary/aromatic N) is 2. The number of benzene rings is 2. The number of anilines is 1. The van der Waals surface area contributed by atoms with E-state index < -0.39 is 29.9 Å². The number of likely N-dealkylation sites (N-methyl/N-ethyl adjacent to an activating group) is 1. The normalized spacial score (nSPS) is 19.2. The summed E-state index contributed by atoms with van der Waals surface area (Å²) in [5, 5.41) is 5.61. The van der Waals surface area contributed by atoms with E-state index in [0.717, 1.165) is 27.2 Å². The van der Waals surface area contributed by atoms with Crippen LogP contribution in [0.1, 0.15) is 28.7 Å². The van der Waals surface area contributed by atoms with Gasteiger partial charge in [0.1, 0.15) is 12.1 Å². The van der Waals surface area contributed by atoms with Gasteiger partial charge in [-0.3, -0.25) is 19.3 Å². The van der Waals surface area contributed by atoms with Crippen molar-refractivity contribution in [3.05, 3.63) is 64.7 Å². The molecule has 1 atom stereocenters. The minimum Gasteiger partial charge on any atom is -0.335 e. The molecule has 2 aromatic rings. The van der Waals surface area contributed by atoms with Gasteiger partial charge in [0.15, 0.2) is 0 Å². The molecule has 0 bridgehead atoms. The van der Waals surface area contributed by atoms with Crippen LogP contribution in [0.5, 0.6) is 0 Å². The van der Waals surface area contributed by atoms with Crippen molar-refractivity contribution in [2.24, 2.45) is 0 Å². The predicted molar refractivity (Wildman–Crippen MR) is 119 cm³/mol. The lowest BCUT2D eigenvalue weighted by Gasteiger charge is -2.23. The first-order valence-corrected chi connectivity index (χ1v) is 10.5. The van der Waals surface area contributed by atoms with Crippen molar-refractivity contribution in [1.29, 1.82) is 0 Å². The van der Waals surface area contributed by atoms with Crippen molar-refractivity contribution in [2.45, 2.75) is 32.2 Å². The number of urea groups is 1. The molecule has 1 aliphatic heterocycles. The van der Waals surface area contributed by atoms with Crippen molar-refractivity contribution in [1.82, 2.24) is 15.1 Å². The minimum atomic E-state index is -1.10. The maximum atomic E-state index is 13.2. The van der Waals surface area contributed by atoms with Crippen LogP contribution in [0, 0.1) is 13.8 Å². The summed E-state index contributed by atoms with van der Waals surface area (Å²) in [5.74, 6) is -1.27. The molecule has 0 radical (unpaired) electrons. The van der Waals surface area contributed by atoms with E-state index in [4.69, 9.17) is 0 Å². The standard InChI is InChI=1S/C24H26N4O4/c1-15-8-9-16(2)19(12-15)25-20(29)13-27(3)21(30)14-28-22(31)24(26-23(28)32)11-10-17-6-4-5-7-18(17)24/h4-9,12H,10-11,13-14H2,1-3H3,(H,25,29)(H,26,32)/t24-/m1/s1. The zero-order chi connectivity index (χ0) is 23.0. The Labute approximate surface area is 186 Å². The largest absolute Gasteiger partial charge is 0.335 e. The molecule has 0 unspecified atom stereocenters. The van der Waals surface area contributed by atoms with Gasteiger partial charge in [-0.1, -0.05) is 36.4 Å². The second kappa shape index (κ2) is 8.11. The molecule has 0 aromatic heterocycles. The molecule has 2 N–H and O–H groups in total. The molecule has 1 saturated heterocycles. The molecule has 1 heterocycles. The molecular weight excluding hydrogens is 408 g/mol. The summed E-state index contributed by atoms with van der Waals surface area (Å²) in [4.78, 5) is 53.1. The number of nitrogens with one attached hydrogen (secondary N) is 2. The van der Waals surface area contributed by atoms with Crippen molar-refractivity contribution >= 4 is 29.4 Å². The lowest BCUT2D eigenvalue weighted by Crippen LogP contribution is -2.45. The topological polar surface area (TPSA) is 98.8 Å². The Morgan fingerprint density at radius 3 is 2.69 bits per heavy atom. The average molecular weight is 434 g/mol. The number of hydrogen-bond acceptors (Lipinski definition) is 4. The lowest BCUT2D eigenvalue weighted by atomic mass is 9.92. The fourth-order valence-corrected chi connectivity index (χ4v) is 4.35. The van der Waals surface area contributed by atoms with Crippen LogP contribution in [0.4, 0.5) is 10.5 Å². The molecule has 0 saturated carbocycles. The second-order valence-corrected chi connectivity index (χ2v) is 8.50. The van der Waals surface area contributed by atoms with Crippen molar-refractivity contribution in [3.8, 4) is 0 Å². The third kappa shape index (κ3) is 3.72. The Bertz CT molecular complexity index is 1130. The lowest BCUT2D eigenvalue weighted by molar-refractivity contribution is -0.139. The quantitative estimate of drug-likeness (QED) is 0.704. The number of aryl methyl sites for hydroxylation is 3. The Hall–Kier alpha value is -3.68. The summed E-state index contributed by atoms with van der Waals surface area (Å²) in [7, 11) is 1.48. The van der Waals surface area contributed by atoms with Gasteiger partial charge in [0, 0.05) is 12.7 Å². The van der Waals surface area contributed by atoms with Gasteiger partial charge in [-0.25, -0.2) is 4.79 Å². The van der Waals surface area contributed by atoms with E-state index >= 15 is 0 Å². The smallest absolute Gasteiger partial charge is 0.325 e. The first-order valence-electron chi connectivity index (χ1n) is 10.5. The number of rotatable bonds is 5. The highest BCUT2D eigenvalue weighted by Gasteiger charge is 2.55. The molecule has 1 fully saturated rings. The highest BCUT2D eigenvalue weighted by Crippen LogP contribution is 2.41. The number of carbonyl (C=O) groups is 4. The zero-order valence-electron chi connectivity index (χ0n) is 18.4. The highest BCUT2D eigenvalue weighted by molar-refractivity contribution is 6.10. The van der Waals surface area contributed by atoms with Gasteiger partial charge in [-0.05, 0) is 55.0 Å². The van der Waals surface area contributed by atoms with Gasteiger partial charge in [-0.15, -0.1) is 0 Å². The number of amides is 5. The molecule has 5 amide bonds. The van der Waals surface area contributed by atoms with E-state index in [1.807, 2.05) is 56.3 Å². The monoisotopic (exact) mass is 434 g/mol. The van der Waals surface area contributed by atoms with Crippen molar-refractivity contribution in [2.75, 3.05) is 25.5 Å². The van der Waals surface area contributed by atoms with E-state index in [0.29, 0.717) is 18.5 Å². The summed E-state index contributed by atoms with van der Waals surface area (Å²) in [5.41, 5.74) is 3.32. The van der Waals surface area contributed by atoms with E-state index in [1.165, 1.54) is 11.9 Å². The molecule has 166 valence electrons. The molecule has 2 aromatic carbocycles. The Morgan fingerprint density at radius 2 is 1.91 bits per heavy atom. The summed E-state index contributed by atoms with van der Waals surface area (Å²) in [6.07, 6.45) is 1.15. The third-order valence-corrected chi connectivity index (χ3v) is 6.19. The maximum absolute atomic E-state index is 13.2. The van der Waals surface area contributed by atoms with Crippen molar-refractivity contribution in [3.63, 3.8) is 0 Å². The van der Waals surface area contributed by atoms with E-state index in [2.05, 4.69) is 10.6 Å². The van der Waals surface area contributed by atoms with E-state index in [-0.39, 0.29) is 12.5 Å².